The monoisotopic (exact) mass is 188 g/mol. The van der Waals surface area contributed by atoms with Crippen molar-refractivity contribution in [3.8, 4) is 0 Å². The molecule has 0 radical (unpaired) electrons. The van der Waals surface area contributed by atoms with E-state index in [1.54, 1.807) is 0 Å². The minimum Gasteiger partial charge on any atom is -0.384 e. The Bertz CT molecular complexity index is 140. The molecule has 4 N–H and O–H groups in total. The van der Waals surface area contributed by atoms with Gasteiger partial charge in [0.25, 0.3) is 0 Å². The van der Waals surface area contributed by atoms with Gasteiger partial charge in [0.05, 0.1) is 6.54 Å². The molecule has 1 unspecified atom stereocenters. The third-order valence-electron chi connectivity index (χ3n) is 1.85. The molecule has 4 heteroatoms. The average Bonchev–Trinajstić information content (AvgIpc) is 2.16. The minimum absolute atomic E-state index is 0.00940. The Balaban J connectivity index is 3.27. The zero-order valence-corrected chi connectivity index (χ0v) is 8.25. The summed E-state index contributed by atoms with van der Waals surface area (Å²) in [6.07, 6.45) is 2.41. The van der Waals surface area contributed by atoms with Gasteiger partial charge in [0.15, 0.2) is 5.78 Å². The van der Waals surface area contributed by atoms with Crippen LogP contribution in [0.4, 0.5) is 0 Å². The van der Waals surface area contributed by atoms with Crippen LogP contribution in [0.25, 0.3) is 0 Å². The van der Waals surface area contributed by atoms with Crippen molar-refractivity contribution in [2.24, 2.45) is 5.73 Å². The Kier molecular flexibility index (Phi) is 7.88. The Morgan fingerprint density at radius 2 is 2.23 bits per heavy atom. The number of unbranched alkanes of at least 4 members (excludes halogenated alkanes) is 2. The van der Waals surface area contributed by atoms with E-state index in [-0.39, 0.29) is 18.9 Å². The fraction of sp³-hybridized carbons (Fsp3) is 0.889. The fourth-order valence-corrected chi connectivity index (χ4v) is 0.961. The molecule has 0 fully saturated rings. The summed E-state index contributed by atoms with van der Waals surface area (Å²) in [7, 11) is 0. The Labute approximate surface area is 79.5 Å². The van der Waals surface area contributed by atoms with E-state index in [9.17, 15) is 4.79 Å². The van der Waals surface area contributed by atoms with Crippen LogP contribution in [0.5, 0.6) is 0 Å². The predicted octanol–water partition coefficient (Wildman–Crippen LogP) is -0.345. The van der Waals surface area contributed by atoms with E-state index in [0.29, 0.717) is 0 Å². The molecule has 0 heterocycles. The van der Waals surface area contributed by atoms with Crippen molar-refractivity contribution in [1.82, 2.24) is 5.32 Å². The SMILES string of the molecule is CCCCCNCC(=O)C(O)CN. The van der Waals surface area contributed by atoms with Gasteiger partial charge < -0.3 is 16.2 Å². The highest BCUT2D eigenvalue weighted by atomic mass is 16.3. The number of nitrogens with two attached hydrogens (primary N) is 1. The summed E-state index contributed by atoms with van der Waals surface area (Å²) in [6.45, 7) is 3.19. The molecule has 78 valence electrons. The van der Waals surface area contributed by atoms with E-state index in [2.05, 4.69) is 12.2 Å². The van der Waals surface area contributed by atoms with Crippen LogP contribution in [0.1, 0.15) is 26.2 Å². The Morgan fingerprint density at radius 1 is 1.54 bits per heavy atom. The maximum Gasteiger partial charge on any atom is 0.176 e. The highest BCUT2D eigenvalue weighted by Gasteiger charge is 2.11. The molecular weight excluding hydrogens is 168 g/mol. The average molecular weight is 188 g/mol. The molecule has 0 aliphatic heterocycles. The summed E-state index contributed by atoms with van der Waals surface area (Å²) in [5, 5.41) is 12.0. The van der Waals surface area contributed by atoms with E-state index >= 15 is 0 Å². The standard InChI is InChI=1S/C9H20N2O2/c1-2-3-4-5-11-7-9(13)8(12)6-10/h8,11-12H,2-7,10H2,1H3. The molecule has 0 spiro atoms. The zero-order chi connectivity index (χ0) is 10.1. The summed E-state index contributed by atoms with van der Waals surface area (Å²) in [5.74, 6) is -0.223. The molecule has 0 rings (SSSR count). The lowest BCUT2D eigenvalue weighted by atomic mass is 10.2. The van der Waals surface area contributed by atoms with E-state index in [4.69, 9.17) is 10.8 Å². The van der Waals surface area contributed by atoms with Crippen LogP contribution in [0.3, 0.4) is 0 Å². The highest BCUT2D eigenvalue weighted by molar-refractivity contribution is 5.84. The van der Waals surface area contributed by atoms with Gasteiger partial charge in [-0.25, -0.2) is 0 Å². The summed E-state index contributed by atoms with van der Waals surface area (Å²) < 4.78 is 0. The first kappa shape index (κ1) is 12.6. The number of hydrogen-bond donors (Lipinski definition) is 3. The number of hydrogen-bond acceptors (Lipinski definition) is 4. The first-order valence-corrected chi connectivity index (χ1v) is 4.84. The summed E-state index contributed by atoms with van der Waals surface area (Å²) in [4.78, 5) is 11.0. The van der Waals surface area contributed by atoms with Crippen LogP contribution >= 0.6 is 0 Å². The van der Waals surface area contributed by atoms with Crippen LogP contribution in [0.15, 0.2) is 0 Å². The lowest BCUT2D eigenvalue weighted by Crippen LogP contribution is -2.36. The van der Waals surface area contributed by atoms with E-state index < -0.39 is 6.10 Å². The second kappa shape index (κ2) is 8.16. The number of Topliss-reactive ketones (excluding diaryl/α,β-unsaturated/α-hetero) is 1. The molecule has 0 bridgehead atoms. The van der Waals surface area contributed by atoms with Gasteiger partial charge in [0, 0.05) is 6.54 Å². The maximum atomic E-state index is 11.0. The zero-order valence-electron chi connectivity index (χ0n) is 8.25. The topological polar surface area (TPSA) is 75.3 Å². The highest BCUT2D eigenvalue weighted by Crippen LogP contribution is 1.91. The van der Waals surface area contributed by atoms with Crippen LogP contribution in [0.2, 0.25) is 0 Å². The van der Waals surface area contributed by atoms with Gasteiger partial charge >= 0.3 is 0 Å². The van der Waals surface area contributed by atoms with Gasteiger partial charge in [-0.15, -0.1) is 0 Å². The Morgan fingerprint density at radius 3 is 2.77 bits per heavy atom. The first-order chi connectivity index (χ1) is 6.22. The molecule has 0 aromatic rings. The molecule has 0 saturated heterocycles. The summed E-state index contributed by atoms with van der Waals surface area (Å²) in [5.41, 5.74) is 5.13. The molecule has 1 atom stereocenters. The van der Waals surface area contributed by atoms with Crippen LogP contribution in [-0.4, -0.2) is 36.6 Å². The van der Waals surface area contributed by atoms with Gasteiger partial charge in [0.1, 0.15) is 6.10 Å². The predicted molar refractivity (Wildman–Crippen MR) is 52.5 cm³/mol. The van der Waals surface area contributed by atoms with Crippen molar-refractivity contribution in [1.29, 1.82) is 0 Å². The lowest BCUT2D eigenvalue weighted by Gasteiger charge is -2.07. The van der Waals surface area contributed by atoms with Crippen molar-refractivity contribution in [2.45, 2.75) is 32.3 Å². The second-order valence-corrected chi connectivity index (χ2v) is 3.10. The molecule has 0 aliphatic carbocycles. The number of rotatable bonds is 8. The largest absolute Gasteiger partial charge is 0.384 e. The second-order valence-electron chi connectivity index (χ2n) is 3.10. The number of carbonyl (C=O) groups excluding carboxylic acids is 1. The Hall–Kier alpha value is -0.450. The smallest absolute Gasteiger partial charge is 0.176 e. The lowest BCUT2D eigenvalue weighted by molar-refractivity contribution is -0.125. The molecule has 0 saturated carbocycles. The number of aliphatic hydroxyl groups is 1. The molecular formula is C9H20N2O2. The summed E-state index contributed by atoms with van der Waals surface area (Å²) >= 11 is 0. The van der Waals surface area contributed by atoms with Crippen LogP contribution < -0.4 is 11.1 Å². The van der Waals surface area contributed by atoms with Gasteiger partial charge in [-0.1, -0.05) is 19.8 Å². The molecule has 4 nitrogen and oxygen atoms in total. The van der Waals surface area contributed by atoms with E-state index in [0.717, 1.165) is 13.0 Å². The van der Waals surface area contributed by atoms with Gasteiger partial charge in [-0.05, 0) is 13.0 Å². The first-order valence-electron chi connectivity index (χ1n) is 4.84. The molecule has 0 amide bonds. The van der Waals surface area contributed by atoms with Crippen molar-refractivity contribution < 1.29 is 9.90 Å². The summed E-state index contributed by atoms with van der Waals surface area (Å²) in [6, 6.07) is 0. The molecule has 13 heavy (non-hydrogen) atoms. The fourth-order valence-electron chi connectivity index (χ4n) is 0.961. The third-order valence-corrected chi connectivity index (χ3v) is 1.85. The number of nitrogens with one attached hydrogen (secondary N) is 1. The van der Waals surface area contributed by atoms with E-state index in [1.807, 2.05) is 0 Å². The van der Waals surface area contributed by atoms with Gasteiger partial charge in [-0.3, -0.25) is 4.79 Å². The number of aliphatic hydroxyl groups excluding tert-OH is 1. The van der Waals surface area contributed by atoms with Crippen molar-refractivity contribution >= 4 is 5.78 Å². The minimum atomic E-state index is -1.00. The number of ketones is 1. The third kappa shape index (κ3) is 6.69. The molecule has 0 aliphatic rings. The number of carbonyl (C=O) groups is 1. The maximum absolute atomic E-state index is 11.0. The van der Waals surface area contributed by atoms with Crippen molar-refractivity contribution in [2.75, 3.05) is 19.6 Å². The van der Waals surface area contributed by atoms with Gasteiger partial charge in [0.2, 0.25) is 0 Å². The van der Waals surface area contributed by atoms with Crippen LogP contribution in [0, 0.1) is 0 Å². The van der Waals surface area contributed by atoms with Crippen LogP contribution in [-0.2, 0) is 4.79 Å². The quantitative estimate of drug-likeness (QED) is 0.455. The molecule has 0 aromatic heterocycles. The normalized spacial score (nSPS) is 12.8. The molecule has 0 aromatic carbocycles. The van der Waals surface area contributed by atoms with Crippen molar-refractivity contribution in [3.63, 3.8) is 0 Å². The van der Waals surface area contributed by atoms with Crippen molar-refractivity contribution in [3.05, 3.63) is 0 Å². The van der Waals surface area contributed by atoms with Gasteiger partial charge in [-0.2, -0.15) is 0 Å². The van der Waals surface area contributed by atoms with E-state index in [1.165, 1.54) is 12.8 Å².